The summed E-state index contributed by atoms with van der Waals surface area (Å²) in [5, 5.41) is 8.76. The van der Waals surface area contributed by atoms with Crippen LogP contribution in [-0.4, -0.2) is 30.8 Å². The van der Waals surface area contributed by atoms with Gasteiger partial charge >= 0.3 is 5.97 Å². The van der Waals surface area contributed by atoms with Crippen LogP contribution < -0.4 is 4.72 Å². The van der Waals surface area contributed by atoms with Gasteiger partial charge in [0.2, 0.25) is 10.0 Å². The molecule has 0 rings (SSSR count). The van der Waals surface area contributed by atoms with E-state index >= 15 is 0 Å². The molecule has 6 heteroatoms. The fourth-order valence-corrected chi connectivity index (χ4v) is 2.62. The van der Waals surface area contributed by atoms with Crippen LogP contribution in [0.25, 0.3) is 0 Å². The minimum absolute atomic E-state index is 0.0403. The van der Waals surface area contributed by atoms with E-state index in [-0.39, 0.29) is 11.7 Å². The standard InChI is InChI=1S/C9H19NO4S/c1-7(2)5-6-15(13,14)10-9(3,4)8(11)12/h7,10H,5-6H2,1-4H3,(H,11,12). The Morgan fingerprint density at radius 3 is 2.20 bits per heavy atom. The Kier molecular flexibility index (Phi) is 4.73. The highest BCUT2D eigenvalue weighted by atomic mass is 32.2. The quantitative estimate of drug-likeness (QED) is 0.716. The highest BCUT2D eigenvalue weighted by molar-refractivity contribution is 7.89. The molecule has 0 bridgehead atoms. The van der Waals surface area contributed by atoms with Gasteiger partial charge < -0.3 is 5.11 Å². The molecular formula is C9H19NO4S. The maximum absolute atomic E-state index is 11.5. The second-order valence-electron chi connectivity index (χ2n) is 4.53. The molecule has 0 amide bonds. The van der Waals surface area contributed by atoms with Gasteiger partial charge in [0, 0.05) is 0 Å². The summed E-state index contributed by atoms with van der Waals surface area (Å²) < 4.78 is 25.1. The monoisotopic (exact) mass is 237 g/mol. The normalized spacial score (nSPS) is 13.1. The molecule has 5 nitrogen and oxygen atoms in total. The third kappa shape index (κ3) is 5.74. The van der Waals surface area contributed by atoms with E-state index in [1.54, 1.807) is 0 Å². The predicted molar refractivity (Wildman–Crippen MR) is 58.1 cm³/mol. The van der Waals surface area contributed by atoms with Gasteiger partial charge in [0.1, 0.15) is 5.54 Å². The third-order valence-corrected chi connectivity index (χ3v) is 3.50. The molecule has 0 saturated carbocycles. The van der Waals surface area contributed by atoms with Gasteiger partial charge in [0.15, 0.2) is 0 Å². The largest absolute Gasteiger partial charge is 0.480 e. The van der Waals surface area contributed by atoms with Gasteiger partial charge in [-0.1, -0.05) is 13.8 Å². The van der Waals surface area contributed by atoms with E-state index < -0.39 is 21.5 Å². The van der Waals surface area contributed by atoms with Crippen molar-refractivity contribution in [2.45, 2.75) is 39.7 Å². The van der Waals surface area contributed by atoms with Crippen LogP contribution in [0.3, 0.4) is 0 Å². The van der Waals surface area contributed by atoms with Crippen molar-refractivity contribution < 1.29 is 18.3 Å². The number of carboxylic acids is 1. The first-order valence-electron chi connectivity index (χ1n) is 4.82. The van der Waals surface area contributed by atoms with Crippen molar-refractivity contribution in [3.63, 3.8) is 0 Å². The van der Waals surface area contributed by atoms with Crippen LogP contribution in [0.2, 0.25) is 0 Å². The number of nitrogens with one attached hydrogen (secondary N) is 1. The Balaban J connectivity index is 4.45. The summed E-state index contributed by atoms with van der Waals surface area (Å²) in [6.45, 7) is 6.47. The Morgan fingerprint density at radius 2 is 1.87 bits per heavy atom. The zero-order valence-electron chi connectivity index (χ0n) is 9.57. The lowest BCUT2D eigenvalue weighted by Gasteiger charge is -2.21. The smallest absolute Gasteiger partial charge is 0.324 e. The fraction of sp³-hybridized carbons (Fsp3) is 0.889. The fourth-order valence-electron chi connectivity index (χ4n) is 0.874. The number of sulfonamides is 1. The van der Waals surface area contributed by atoms with Crippen molar-refractivity contribution in [3.8, 4) is 0 Å². The van der Waals surface area contributed by atoms with Crippen LogP contribution in [-0.2, 0) is 14.8 Å². The molecule has 0 aliphatic rings. The highest BCUT2D eigenvalue weighted by Gasteiger charge is 2.31. The Hall–Kier alpha value is -0.620. The van der Waals surface area contributed by atoms with Gasteiger partial charge in [-0.15, -0.1) is 0 Å². The second-order valence-corrected chi connectivity index (χ2v) is 6.38. The average Bonchev–Trinajstić information content (AvgIpc) is 1.99. The summed E-state index contributed by atoms with van der Waals surface area (Å²) in [5.74, 6) is -0.952. The lowest BCUT2D eigenvalue weighted by atomic mass is 10.1. The molecule has 0 saturated heterocycles. The molecule has 0 aromatic heterocycles. The van der Waals surface area contributed by atoms with Crippen molar-refractivity contribution >= 4 is 16.0 Å². The molecule has 0 spiro atoms. The van der Waals surface area contributed by atoms with Gasteiger partial charge in [0.05, 0.1) is 5.75 Å². The Morgan fingerprint density at radius 1 is 1.40 bits per heavy atom. The van der Waals surface area contributed by atoms with E-state index in [0.717, 1.165) is 0 Å². The van der Waals surface area contributed by atoms with Crippen LogP contribution in [0.5, 0.6) is 0 Å². The molecule has 0 aromatic carbocycles. The number of hydrogen-bond donors (Lipinski definition) is 2. The number of carboxylic acid groups (broad SMARTS) is 1. The van der Waals surface area contributed by atoms with Crippen LogP contribution in [0.4, 0.5) is 0 Å². The van der Waals surface area contributed by atoms with E-state index in [9.17, 15) is 13.2 Å². The summed E-state index contributed by atoms with van der Waals surface area (Å²) in [7, 11) is -3.51. The molecule has 2 N–H and O–H groups in total. The van der Waals surface area contributed by atoms with E-state index in [1.807, 2.05) is 13.8 Å². The average molecular weight is 237 g/mol. The number of aliphatic carboxylic acids is 1. The van der Waals surface area contributed by atoms with Gasteiger partial charge in [-0.2, -0.15) is 4.72 Å². The molecule has 90 valence electrons. The molecule has 0 unspecified atom stereocenters. The molecule has 0 heterocycles. The maximum atomic E-state index is 11.5. The van der Waals surface area contributed by atoms with Gasteiger partial charge in [-0.05, 0) is 26.2 Å². The van der Waals surface area contributed by atoms with E-state index in [4.69, 9.17) is 5.11 Å². The van der Waals surface area contributed by atoms with Crippen LogP contribution in [0.15, 0.2) is 0 Å². The van der Waals surface area contributed by atoms with Crippen molar-refractivity contribution in [1.82, 2.24) is 4.72 Å². The third-order valence-electron chi connectivity index (χ3n) is 1.91. The first kappa shape index (κ1) is 14.4. The topological polar surface area (TPSA) is 83.5 Å². The van der Waals surface area contributed by atoms with Gasteiger partial charge in [0.25, 0.3) is 0 Å². The second kappa shape index (κ2) is 4.94. The van der Waals surface area contributed by atoms with Crippen molar-refractivity contribution in [2.24, 2.45) is 5.92 Å². The summed E-state index contributed by atoms with van der Waals surface area (Å²) in [6.07, 6.45) is 0.519. The SMILES string of the molecule is CC(C)CCS(=O)(=O)NC(C)(C)C(=O)O. The molecule has 15 heavy (non-hydrogen) atoms. The van der Waals surface area contributed by atoms with Crippen molar-refractivity contribution in [2.75, 3.05) is 5.75 Å². The maximum Gasteiger partial charge on any atom is 0.324 e. The summed E-state index contributed by atoms with van der Waals surface area (Å²) >= 11 is 0. The minimum Gasteiger partial charge on any atom is -0.480 e. The first-order chi connectivity index (χ1) is 6.57. The molecule has 0 aliphatic carbocycles. The predicted octanol–water partition coefficient (Wildman–Crippen LogP) is 0.815. The van der Waals surface area contributed by atoms with E-state index in [2.05, 4.69) is 4.72 Å². The van der Waals surface area contributed by atoms with Gasteiger partial charge in [-0.3, -0.25) is 4.79 Å². The lowest BCUT2D eigenvalue weighted by Crippen LogP contribution is -2.50. The molecule has 0 aliphatic heterocycles. The molecule has 0 radical (unpaired) electrons. The molecule has 0 fully saturated rings. The van der Waals surface area contributed by atoms with Crippen molar-refractivity contribution in [3.05, 3.63) is 0 Å². The Labute approximate surface area is 90.9 Å². The summed E-state index contributed by atoms with van der Waals surface area (Å²) in [5.41, 5.74) is -1.45. The zero-order chi connectivity index (χ0) is 12.3. The number of rotatable bonds is 6. The number of carbonyl (C=O) groups is 1. The summed E-state index contributed by atoms with van der Waals surface area (Å²) in [6, 6.07) is 0. The van der Waals surface area contributed by atoms with E-state index in [1.165, 1.54) is 13.8 Å². The molecule has 0 aromatic rings. The van der Waals surface area contributed by atoms with Crippen molar-refractivity contribution in [1.29, 1.82) is 0 Å². The molecule has 0 atom stereocenters. The van der Waals surface area contributed by atoms with Gasteiger partial charge in [-0.25, -0.2) is 8.42 Å². The lowest BCUT2D eigenvalue weighted by molar-refractivity contribution is -0.142. The number of hydrogen-bond acceptors (Lipinski definition) is 3. The Bertz CT molecular complexity index is 319. The van der Waals surface area contributed by atoms with Crippen LogP contribution >= 0.6 is 0 Å². The first-order valence-corrected chi connectivity index (χ1v) is 6.47. The van der Waals surface area contributed by atoms with Crippen LogP contribution in [0, 0.1) is 5.92 Å². The van der Waals surface area contributed by atoms with Crippen LogP contribution in [0.1, 0.15) is 34.1 Å². The highest BCUT2D eigenvalue weighted by Crippen LogP contribution is 2.07. The molecular weight excluding hydrogens is 218 g/mol. The van der Waals surface area contributed by atoms with E-state index in [0.29, 0.717) is 6.42 Å². The zero-order valence-corrected chi connectivity index (χ0v) is 10.4. The minimum atomic E-state index is -3.51. The summed E-state index contributed by atoms with van der Waals surface area (Å²) in [4.78, 5) is 10.7.